The highest BCUT2D eigenvalue weighted by atomic mass is 16.5. The lowest BCUT2D eigenvalue weighted by molar-refractivity contribution is -0.138. The van der Waals surface area contributed by atoms with Gasteiger partial charge in [-0.1, -0.05) is 49.1 Å². The van der Waals surface area contributed by atoms with Gasteiger partial charge in [0.25, 0.3) is 0 Å². The van der Waals surface area contributed by atoms with Gasteiger partial charge in [-0.05, 0) is 12.5 Å². The van der Waals surface area contributed by atoms with E-state index >= 15 is 0 Å². The average molecular weight is 228 g/mol. The normalized spacial score (nSPS) is 9.94. The Morgan fingerprint density at radius 3 is 2.71 bits per heavy atom. The molecule has 2 heteroatoms. The van der Waals surface area contributed by atoms with Crippen LogP contribution in [0.3, 0.4) is 0 Å². The Kier molecular flexibility index (Phi) is 5.56. The van der Waals surface area contributed by atoms with Crippen molar-refractivity contribution >= 4 is 12.0 Å². The third kappa shape index (κ3) is 4.54. The predicted octanol–water partition coefficient (Wildman–Crippen LogP) is 3.36. The lowest BCUT2D eigenvalue weighted by Gasteiger charge is -2.01. The van der Waals surface area contributed by atoms with E-state index in [0.29, 0.717) is 18.6 Å². The molecule has 0 bridgehead atoms. The van der Waals surface area contributed by atoms with Crippen molar-refractivity contribution in [2.75, 3.05) is 6.61 Å². The van der Waals surface area contributed by atoms with Crippen LogP contribution in [0.1, 0.15) is 18.9 Å². The molecule has 0 heterocycles. The molecule has 0 unspecified atom stereocenters. The number of benzene rings is 1. The lowest BCUT2D eigenvalue weighted by Crippen LogP contribution is -2.06. The summed E-state index contributed by atoms with van der Waals surface area (Å²) >= 11 is 0. The first-order valence-corrected chi connectivity index (χ1v) is 5.55. The van der Waals surface area contributed by atoms with Crippen molar-refractivity contribution in [3.8, 4) is 0 Å². The van der Waals surface area contributed by atoms with Crippen molar-refractivity contribution in [1.82, 2.24) is 0 Å². The third-order valence-electron chi connectivity index (χ3n) is 2.17. The maximum absolute atomic E-state index is 11.4. The van der Waals surface area contributed by atoms with E-state index in [2.05, 4.69) is 12.3 Å². The van der Waals surface area contributed by atoms with Crippen LogP contribution in [-0.4, -0.2) is 12.6 Å². The lowest BCUT2D eigenvalue weighted by atomic mass is 10.1. The van der Waals surface area contributed by atoms with Gasteiger partial charge in [0, 0.05) is 6.42 Å². The zero-order valence-corrected chi connectivity index (χ0v) is 9.98. The first-order chi connectivity index (χ1) is 8.27. The highest BCUT2D eigenvalue weighted by Crippen LogP contribution is 2.07. The minimum Gasteiger partial charge on any atom is -0.462 e. The fraction of sp³-hybridized carbons (Fsp3) is 0.200. The van der Waals surface area contributed by atoms with Crippen molar-refractivity contribution < 1.29 is 9.53 Å². The van der Waals surface area contributed by atoms with Crippen molar-refractivity contribution in [3.63, 3.8) is 0 Å². The highest BCUT2D eigenvalue weighted by Gasteiger charge is 2.06. The van der Waals surface area contributed by atoms with E-state index in [9.17, 15) is 4.79 Å². The third-order valence-corrected chi connectivity index (χ3v) is 2.17. The van der Waals surface area contributed by atoms with Gasteiger partial charge < -0.3 is 4.74 Å². The average Bonchev–Trinajstić information content (AvgIpc) is 2.36. The number of ether oxygens (including phenoxy) is 1. The molecule has 0 aliphatic heterocycles. The van der Waals surface area contributed by atoms with E-state index in [-0.39, 0.29) is 5.97 Å². The second-order valence-electron chi connectivity index (χ2n) is 3.39. The zero-order chi connectivity index (χ0) is 12.5. The number of esters is 1. The maximum Gasteiger partial charge on any atom is 0.342 e. The molecular weight excluding hydrogens is 212 g/mol. The van der Waals surface area contributed by atoms with Crippen molar-refractivity contribution in [2.24, 2.45) is 0 Å². The quantitative estimate of drug-likeness (QED) is 0.439. The molecule has 0 fully saturated rings. The zero-order valence-electron chi connectivity index (χ0n) is 9.98. The molecule has 0 amide bonds. The molecule has 0 radical (unpaired) electrons. The number of carbonyl (C=O) groups excluding carboxylic acids is 1. The van der Waals surface area contributed by atoms with Gasteiger partial charge in [0.05, 0.1) is 12.2 Å². The number of rotatable bonds is 5. The van der Waals surface area contributed by atoms with Gasteiger partial charge in [0.1, 0.15) is 0 Å². The van der Waals surface area contributed by atoms with Crippen LogP contribution in [0.25, 0.3) is 6.08 Å². The highest BCUT2D eigenvalue weighted by molar-refractivity contribution is 5.88. The van der Waals surface area contributed by atoms with Gasteiger partial charge >= 0.3 is 5.97 Å². The number of hydrogen-bond acceptors (Lipinski definition) is 2. The summed E-state index contributed by atoms with van der Waals surface area (Å²) in [6.45, 7) is 5.64. The summed E-state index contributed by atoms with van der Waals surface area (Å²) in [6, 6.07) is 9.89. The van der Waals surface area contributed by atoms with Crippen LogP contribution < -0.4 is 0 Å². The summed E-state index contributed by atoms with van der Waals surface area (Å²) in [5.41, 5.74) is 4.17. The van der Waals surface area contributed by atoms with E-state index in [4.69, 9.17) is 4.74 Å². The summed E-state index contributed by atoms with van der Waals surface area (Å²) in [7, 11) is 0. The summed E-state index contributed by atoms with van der Waals surface area (Å²) in [5.74, 6) is -0.347. The predicted molar refractivity (Wildman–Crippen MR) is 69.4 cm³/mol. The van der Waals surface area contributed by atoms with Gasteiger partial charge in [0.15, 0.2) is 0 Å². The molecule has 1 rings (SSSR count). The monoisotopic (exact) mass is 228 g/mol. The fourth-order valence-corrected chi connectivity index (χ4v) is 1.32. The fourth-order valence-electron chi connectivity index (χ4n) is 1.32. The largest absolute Gasteiger partial charge is 0.462 e. The molecule has 88 valence electrons. The van der Waals surface area contributed by atoms with Crippen LogP contribution in [0.15, 0.2) is 54.3 Å². The van der Waals surface area contributed by atoms with Crippen LogP contribution in [0.4, 0.5) is 0 Å². The Labute approximate surface area is 102 Å². The van der Waals surface area contributed by atoms with Gasteiger partial charge in [-0.15, -0.1) is 5.73 Å². The summed E-state index contributed by atoms with van der Waals surface area (Å²) in [6.07, 6.45) is 4.34. The van der Waals surface area contributed by atoms with Crippen molar-refractivity contribution in [3.05, 3.63) is 59.9 Å². The molecule has 17 heavy (non-hydrogen) atoms. The Hall–Kier alpha value is -2.05. The molecule has 0 aliphatic carbocycles. The standard InChI is InChI=1S/C15H16O2/c1-3-14(15(16)17-4-2)12-8-11-13-9-6-5-7-10-13/h5-11H,1,4,12H2,2H3/b11-8+. The van der Waals surface area contributed by atoms with E-state index in [1.165, 1.54) is 0 Å². The molecule has 0 spiro atoms. The smallest absolute Gasteiger partial charge is 0.342 e. The molecular formula is C15H16O2. The second kappa shape index (κ2) is 7.26. The molecule has 0 aliphatic rings. The number of carbonyl (C=O) groups is 1. The topological polar surface area (TPSA) is 26.3 Å². The Bertz CT molecular complexity index is 437. The molecule has 0 saturated heterocycles. The number of allylic oxidation sites excluding steroid dienone is 1. The minimum atomic E-state index is -0.347. The Morgan fingerprint density at radius 2 is 2.12 bits per heavy atom. The molecule has 0 saturated carbocycles. The van der Waals surface area contributed by atoms with Gasteiger partial charge in [-0.3, -0.25) is 0 Å². The van der Waals surface area contributed by atoms with Crippen molar-refractivity contribution in [1.29, 1.82) is 0 Å². The molecule has 1 aromatic rings. The van der Waals surface area contributed by atoms with Gasteiger partial charge in [-0.25, -0.2) is 4.79 Å². The Balaban J connectivity index is 2.58. The first-order valence-electron chi connectivity index (χ1n) is 5.55. The minimum absolute atomic E-state index is 0.347. The molecule has 1 aromatic carbocycles. The first kappa shape index (κ1) is 13.0. The molecule has 2 nitrogen and oxygen atoms in total. The summed E-state index contributed by atoms with van der Waals surface area (Å²) < 4.78 is 4.89. The van der Waals surface area contributed by atoms with Crippen LogP contribution in [-0.2, 0) is 9.53 Å². The summed E-state index contributed by atoms with van der Waals surface area (Å²) in [4.78, 5) is 11.4. The second-order valence-corrected chi connectivity index (χ2v) is 3.39. The van der Waals surface area contributed by atoms with E-state index in [1.54, 1.807) is 6.92 Å². The Morgan fingerprint density at radius 1 is 1.41 bits per heavy atom. The maximum atomic E-state index is 11.4. The number of hydrogen-bond donors (Lipinski definition) is 0. The van der Waals surface area contributed by atoms with E-state index in [0.717, 1.165) is 5.56 Å². The van der Waals surface area contributed by atoms with E-state index in [1.807, 2.05) is 42.5 Å². The SMILES string of the molecule is C=C=C(C/C=C/c1ccccc1)C(=O)OCC. The van der Waals surface area contributed by atoms with Crippen molar-refractivity contribution in [2.45, 2.75) is 13.3 Å². The van der Waals surface area contributed by atoms with Crippen LogP contribution >= 0.6 is 0 Å². The van der Waals surface area contributed by atoms with Gasteiger partial charge in [0.2, 0.25) is 0 Å². The molecule has 0 atom stereocenters. The van der Waals surface area contributed by atoms with Crippen LogP contribution in [0.2, 0.25) is 0 Å². The van der Waals surface area contributed by atoms with Crippen LogP contribution in [0, 0.1) is 0 Å². The van der Waals surface area contributed by atoms with Crippen LogP contribution in [0.5, 0.6) is 0 Å². The van der Waals surface area contributed by atoms with Gasteiger partial charge in [-0.2, -0.15) is 0 Å². The van der Waals surface area contributed by atoms with E-state index < -0.39 is 0 Å². The molecule has 0 N–H and O–H groups in total. The molecule has 0 aromatic heterocycles. The summed E-state index contributed by atoms with van der Waals surface area (Å²) in [5, 5.41) is 0.